The van der Waals surface area contributed by atoms with Crippen molar-refractivity contribution in [3.63, 3.8) is 0 Å². The highest BCUT2D eigenvalue weighted by Crippen LogP contribution is 2.32. The third-order valence-corrected chi connectivity index (χ3v) is 3.15. The van der Waals surface area contributed by atoms with Gasteiger partial charge in [-0.05, 0) is 13.8 Å². The first kappa shape index (κ1) is 17.7. The second-order valence-electron chi connectivity index (χ2n) is 4.70. The van der Waals surface area contributed by atoms with Crippen molar-refractivity contribution in [2.45, 2.75) is 24.6 Å². The van der Waals surface area contributed by atoms with Crippen molar-refractivity contribution in [1.82, 2.24) is 10.2 Å². The number of alkyl halides is 5. The minimum atomic E-state index is -4.58. The first-order chi connectivity index (χ1) is 9.68. The Hall–Kier alpha value is -1.35. The lowest BCUT2D eigenvalue weighted by atomic mass is 10.1. The summed E-state index contributed by atoms with van der Waals surface area (Å²) in [6.07, 6.45) is -3.66. The van der Waals surface area contributed by atoms with Gasteiger partial charge in [0, 0.05) is 31.9 Å². The smallest absolute Gasteiger partial charge is 0.297 e. The SMILES string of the molecule is C=N/C=C(\C=NCNCC1N(C)CCC1(F)F)C(F)(F)F. The van der Waals surface area contributed by atoms with Crippen molar-refractivity contribution in [1.29, 1.82) is 0 Å². The van der Waals surface area contributed by atoms with Crippen LogP contribution in [0.25, 0.3) is 0 Å². The number of likely N-dealkylation sites (N-methyl/N-ethyl adjacent to an activating group) is 1. The molecule has 1 unspecified atom stereocenters. The number of hydrogen-bond acceptors (Lipinski definition) is 4. The van der Waals surface area contributed by atoms with E-state index in [-0.39, 0.29) is 26.2 Å². The fourth-order valence-electron chi connectivity index (χ4n) is 1.96. The van der Waals surface area contributed by atoms with Crippen LogP contribution in [0.2, 0.25) is 0 Å². The molecule has 1 heterocycles. The first-order valence-corrected chi connectivity index (χ1v) is 6.20. The first-order valence-electron chi connectivity index (χ1n) is 6.20. The summed E-state index contributed by atoms with van der Waals surface area (Å²) in [5.74, 6) is -2.80. The van der Waals surface area contributed by atoms with E-state index < -0.39 is 23.7 Å². The van der Waals surface area contributed by atoms with Gasteiger partial charge in [-0.2, -0.15) is 13.2 Å². The Bertz CT molecular complexity index is 416. The van der Waals surface area contributed by atoms with Crippen molar-refractivity contribution < 1.29 is 22.0 Å². The van der Waals surface area contributed by atoms with Crippen LogP contribution in [0.4, 0.5) is 22.0 Å². The maximum Gasteiger partial charge on any atom is 0.419 e. The zero-order chi connectivity index (χ0) is 16.1. The van der Waals surface area contributed by atoms with Gasteiger partial charge in [0.25, 0.3) is 5.92 Å². The van der Waals surface area contributed by atoms with Crippen LogP contribution in [0.15, 0.2) is 21.8 Å². The van der Waals surface area contributed by atoms with Crippen LogP contribution in [0.3, 0.4) is 0 Å². The van der Waals surface area contributed by atoms with E-state index in [1.807, 2.05) is 0 Å². The number of rotatable bonds is 6. The number of hydrogen-bond donors (Lipinski definition) is 1. The Labute approximate surface area is 119 Å². The molecule has 0 aromatic rings. The third-order valence-electron chi connectivity index (χ3n) is 3.15. The fourth-order valence-corrected chi connectivity index (χ4v) is 1.96. The van der Waals surface area contributed by atoms with Crippen molar-refractivity contribution in [2.24, 2.45) is 9.98 Å². The monoisotopic (exact) mass is 312 g/mol. The van der Waals surface area contributed by atoms with Gasteiger partial charge in [-0.15, -0.1) is 0 Å². The minimum Gasteiger partial charge on any atom is -0.297 e. The maximum atomic E-state index is 13.5. The lowest BCUT2D eigenvalue weighted by molar-refractivity contribution is -0.0857. The van der Waals surface area contributed by atoms with Gasteiger partial charge < -0.3 is 0 Å². The van der Waals surface area contributed by atoms with E-state index in [1.165, 1.54) is 4.90 Å². The van der Waals surface area contributed by atoms with Crippen LogP contribution in [-0.2, 0) is 0 Å². The van der Waals surface area contributed by atoms with E-state index >= 15 is 0 Å². The fraction of sp³-hybridized carbons (Fsp3) is 0.667. The Balaban J connectivity index is 2.45. The largest absolute Gasteiger partial charge is 0.419 e. The van der Waals surface area contributed by atoms with Gasteiger partial charge in [-0.25, -0.2) is 8.78 Å². The molecule has 1 fully saturated rings. The predicted octanol–water partition coefficient (Wildman–Crippen LogP) is 2.09. The Morgan fingerprint density at radius 2 is 2.14 bits per heavy atom. The molecule has 0 aromatic carbocycles. The highest BCUT2D eigenvalue weighted by atomic mass is 19.4. The molecule has 21 heavy (non-hydrogen) atoms. The van der Waals surface area contributed by atoms with Gasteiger partial charge in [-0.1, -0.05) is 0 Å². The Kier molecular flexibility index (Phi) is 5.97. The molecule has 1 N–H and O–H groups in total. The molecule has 4 nitrogen and oxygen atoms in total. The van der Waals surface area contributed by atoms with Gasteiger partial charge in [0.15, 0.2) is 0 Å². The normalized spacial score (nSPS) is 23.9. The third kappa shape index (κ3) is 5.16. The standard InChI is InChI=1S/C12H17F5N4/c1-18-5-9(12(15,16)17)6-19-8-20-7-10-11(13,14)3-4-21(10)2/h5-6,10,20H,1,3-4,7-8H2,2H3/b9-5+,19-6?. The van der Waals surface area contributed by atoms with Crippen molar-refractivity contribution in [3.8, 4) is 0 Å². The van der Waals surface area contributed by atoms with E-state index in [2.05, 4.69) is 22.0 Å². The summed E-state index contributed by atoms with van der Waals surface area (Å²) in [5.41, 5.74) is -1.05. The summed E-state index contributed by atoms with van der Waals surface area (Å²) >= 11 is 0. The zero-order valence-electron chi connectivity index (χ0n) is 11.5. The number of allylic oxidation sites excluding steroid dienone is 1. The predicted molar refractivity (Wildman–Crippen MR) is 71.0 cm³/mol. The van der Waals surface area contributed by atoms with E-state index in [0.29, 0.717) is 12.4 Å². The number of nitrogens with one attached hydrogen (secondary N) is 1. The van der Waals surface area contributed by atoms with Gasteiger partial charge in [-0.3, -0.25) is 20.2 Å². The quantitative estimate of drug-likeness (QED) is 0.463. The summed E-state index contributed by atoms with van der Waals surface area (Å²) in [6, 6.07) is -0.972. The molecule has 0 saturated carbocycles. The van der Waals surface area contributed by atoms with E-state index in [0.717, 1.165) is 0 Å². The van der Waals surface area contributed by atoms with Crippen LogP contribution in [0.5, 0.6) is 0 Å². The van der Waals surface area contributed by atoms with Gasteiger partial charge >= 0.3 is 6.18 Å². The van der Waals surface area contributed by atoms with Gasteiger partial charge in [0.1, 0.15) is 0 Å². The molecule has 1 saturated heterocycles. The molecule has 0 aromatic heterocycles. The molecule has 9 heteroatoms. The van der Waals surface area contributed by atoms with Crippen molar-refractivity contribution in [3.05, 3.63) is 11.8 Å². The molecular formula is C12H17F5N4. The van der Waals surface area contributed by atoms with Crippen LogP contribution in [0, 0.1) is 0 Å². The lowest BCUT2D eigenvalue weighted by Crippen LogP contribution is -2.44. The van der Waals surface area contributed by atoms with E-state index in [1.54, 1.807) is 7.05 Å². The average Bonchev–Trinajstić information content (AvgIpc) is 2.62. The Morgan fingerprint density at radius 3 is 2.62 bits per heavy atom. The second kappa shape index (κ2) is 7.08. The molecule has 0 radical (unpaired) electrons. The Morgan fingerprint density at radius 1 is 1.48 bits per heavy atom. The number of halogens is 5. The average molecular weight is 312 g/mol. The van der Waals surface area contributed by atoms with E-state index in [9.17, 15) is 22.0 Å². The maximum absolute atomic E-state index is 13.5. The molecule has 0 aliphatic carbocycles. The lowest BCUT2D eigenvalue weighted by Gasteiger charge is -2.24. The molecule has 0 spiro atoms. The van der Waals surface area contributed by atoms with Crippen LogP contribution in [0.1, 0.15) is 6.42 Å². The molecule has 1 aliphatic heterocycles. The molecule has 1 aliphatic rings. The minimum absolute atomic E-state index is 0.0500. The topological polar surface area (TPSA) is 40.0 Å². The van der Waals surface area contributed by atoms with Crippen LogP contribution in [-0.4, -0.2) is 62.8 Å². The highest BCUT2D eigenvalue weighted by molar-refractivity contribution is 5.80. The number of likely N-dealkylation sites (tertiary alicyclic amines) is 1. The summed E-state index contributed by atoms with van der Waals surface area (Å²) in [7, 11) is 1.58. The summed E-state index contributed by atoms with van der Waals surface area (Å²) in [5, 5.41) is 2.60. The molecule has 120 valence electrons. The van der Waals surface area contributed by atoms with Crippen molar-refractivity contribution in [2.75, 3.05) is 26.8 Å². The van der Waals surface area contributed by atoms with Gasteiger partial charge in [0.05, 0.1) is 18.3 Å². The van der Waals surface area contributed by atoms with Gasteiger partial charge in [0.2, 0.25) is 0 Å². The number of nitrogens with zero attached hydrogens (tertiary/aromatic N) is 3. The summed E-state index contributed by atoms with van der Waals surface area (Å²) < 4.78 is 64.2. The molecular weight excluding hydrogens is 295 g/mol. The summed E-state index contributed by atoms with van der Waals surface area (Å²) in [6.45, 7) is 2.99. The molecule has 0 bridgehead atoms. The van der Waals surface area contributed by atoms with E-state index in [4.69, 9.17) is 0 Å². The zero-order valence-corrected chi connectivity index (χ0v) is 11.5. The number of aliphatic imine (C=N–C) groups is 2. The van der Waals surface area contributed by atoms with Crippen LogP contribution >= 0.6 is 0 Å². The molecule has 0 amide bonds. The van der Waals surface area contributed by atoms with Crippen LogP contribution < -0.4 is 5.32 Å². The second-order valence-corrected chi connectivity index (χ2v) is 4.70. The summed E-state index contributed by atoms with van der Waals surface area (Å²) in [4.78, 5) is 8.07. The molecule has 1 rings (SSSR count). The van der Waals surface area contributed by atoms with Crippen molar-refractivity contribution >= 4 is 12.9 Å². The highest BCUT2D eigenvalue weighted by Gasteiger charge is 2.46. The molecule has 1 atom stereocenters.